The third-order valence-electron chi connectivity index (χ3n) is 4.19. The van der Waals surface area contributed by atoms with Crippen LogP contribution < -0.4 is 4.90 Å². The van der Waals surface area contributed by atoms with Crippen molar-refractivity contribution in [2.24, 2.45) is 0 Å². The van der Waals surface area contributed by atoms with Crippen molar-refractivity contribution in [2.75, 3.05) is 38.3 Å². The largest absolute Gasteiger partial charge is 0.308 e. The molecule has 3 rings (SSSR count). The molecule has 1 heterocycles. The van der Waals surface area contributed by atoms with E-state index in [1.165, 1.54) is 23.1 Å². The third kappa shape index (κ3) is 4.77. The summed E-state index contributed by atoms with van der Waals surface area (Å²) in [6, 6.07) is 7.54. The Hall–Kier alpha value is -2.43. The van der Waals surface area contributed by atoms with Crippen LogP contribution in [-0.4, -0.2) is 57.6 Å². The van der Waals surface area contributed by atoms with Gasteiger partial charge in [0.2, 0.25) is 0 Å². The molecule has 0 spiro atoms. The molecular weight excluding hydrogens is 420 g/mol. The number of carbonyl (C=O) groups is 1. The maximum atomic E-state index is 13.6. The highest BCUT2D eigenvalue weighted by Gasteiger charge is 2.23. The lowest BCUT2D eigenvalue weighted by molar-refractivity contribution is 0.0984. The number of hydrogen-bond donors (Lipinski definition) is 0. The number of hydrogen-bond acceptors (Lipinski definition) is 6. The lowest BCUT2D eigenvalue weighted by Gasteiger charge is -2.22. The van der Waals surface area contributed by atoms with Gasteiger partial charge in [-0.1, -0.05) is 11.3 Å². The minimum absolute atomic E-state index is 0.00117. The molecule has 154 valence electrons. The maximum absolute atomic E-state index is 13.6. The topological polar surface area (TPSA) is 70.6 Å². The standard InChI is InChI=1S/C19H19F2N3O3S2/c1-23(2)8-9-24(18(25)12-4-6-14(20)15(21)10-12)19-22-16-7-5-13(29(3,26)27)11-17(16)28-19/h4-7,10-11H,8-9H2,1-3H3. The van der Waals surface area contributed by atoms with E-state index in [0.29, 0.717) is 21.9 Å². The maximum Gasteiger partial charge on any atom is 0.260 e. The zero-order valence-corrected chi connectivity index (χ0v) is 17.7. The zero-order valence-electron chi connectivity index (χ0n) is 16.0. The molecule has 0 aliphatic heterocycles. The van der Waals surface area contributed by atoms with Gasteiger partial charge in [-0.3, -0.25) is 9.69 Å². The van der Waals surface area contributed by atoms with Crippen LogP contribution in [0.2, 0.25) is 0 Å². The molecule has 0 saturated carbocycles. The molecule has 0 atom stereocenters. The van der Waals surface area contributed by atoms with Crippen LogP contribution in [-0.2, 0) is 9.84 Å². The van der Waals surface area contributed by atoms with Crippen LogP contribution in [0.3, 0.4) is 0 Å². The van der Waals surface area contributed by atoms with Gasteiger partial charge in [-0.2, -0.15) is 0 Å². The van der Waals surface area contributed by atoms with E-state index in [1.54, 1.807) is 6.07 Å². The van der Waals surface area contributed by atoms with Gasteiger partial charge in [0.15, 0.2) is 26.6 Å². The van der Waals surface area contributed by atoms with Crippen molar-refractivity contribution in [1.29, 1.82) is 0 Å². The molecule has 1 aromatic heterocycles. The fourth-order valence-electron chi connectivity index (χ4n) is 2.61. The Bertz CT molecular complexity index is 1180. The molecule has 0 radical (unpaired) electrons. The van der Waals surface area contributed by atoms with Gasteiger partial charge in [0, 0.05) is 24.9 Å². The summed E-state index contributed by atoms with van der Waals surface area (Å²) in [5.41, 5.74) is 0.545. The number of sulfone groups is 1. The first-order valence-electron chi connectivity index (χ1n) is 8.58. The van der Waals surface area contributed by atoms with E-state index in [9.17, 15) is 22.0 Å². The Kier molecular flexibility index (Phi) is 5.97. The minimum atomic E-state index is -3.38. The van der Waals surface area contributed by atoms with Crippen molar-refractivity contribution in [3.8, 4) is 0 Å². The first-order valence-corrected chi connectivity index (χ1v) is 11.3. The summed E-state index contributed by atoms with van der Waals surface area (Å²) < 4.78 is 51.1. The number of anilines is 1. The monoisotopic (exact) mass is 439 g/mol. The fraction of sp³-hybridized carbons (Fsp3) is 0.263. The Balaban J connectivity index is 2.03. The summed E-state index contributed by atoms with van der Waals surface area (Å²) in [5.74, 6) is -2.66. The Labute approximate surface area is 171 Å². The van der Waals surface area contributed by atoms with Gasteiger partial charge in [-0.05, 0) is 50.5 Å². The van der Waals surface area contributed by atoms with Crippen molar-refractivity contribution in [1.82, 2.24) is 9.88 Å². The highest BCUT2D eigenvalue weighted by molar-refractivity contribution is 7.90. The van der Waals surface area contributed by atoms with Crippen LogP contribution in [0, 0.1) is 11.6 Å². The van der Waals surface area contributed by atoms with Gasteiger partial charge in [0.05, 0.1) is 15.1 Å². The van der Waals surface area contributed by atoms with Crippen LogP contribution in [0.25, 0.3) is 10.2 Å². The predicted molar refractivity (Wildman–Crippen MR) is 109 cm³/mol. The van der Waals surface area contributed by atoms with E-state index in [2.05, 4.69) is 4.98 Å². The van der Waals surface area contributed by atoms with Crippen molar-refractivity contribution in [2.45, 2.75) is 4.90 Å². The number of nitrogens with zero attached hydrogens (tertiary/aromatic N) is 3. The predicted octanol–water partition coefficient (Wildman–Crippen LogP) is 3.19. The Morgan fingerprint density at radius 2 is 1.79 bits per heavy atom. The summed E-state index contributed by atoms with van der Waals surface area (Å²) in [4.78, 5) is 20.9. The second kappa shape index (κ2) is 8.13. The third-order valence-corrected chi connectivity index (χ3v) is 6.34. The van der Waals surface area contributed by atoms with Crippen LogP contribution in [0.5, 0.6) is 0 Å². The number of benzene rings is 2. The number of carbonyl (C=O) groups excluding carboxylic acids is 1. The summed E-state index contributed by atoms with van der Waals surface area (Å²) in [5, 5.41) is 0.349. The number of aromatic nitrogens is 1. The van der Waals surface area contributed by atoms with Crippen molar-refractivity contribution in [3.05, 3.63) is 53.6 Å². The number of likely N-dealkylation sites (N-methyl/N-ethyl adjacent to an activating group) is 1. The molecule has 0 aliphatic rings. The van der Waals surface area contributed by atoms with Crippen molar-refractivity contribution >= 4 is 42.4 Å². The molecule has 2 aromatic carbocycles. The van der Waals surface area contributed by atoms with Crippen molar-refractivity contribution in [3.63, 3.8) is 0 Å². The summed E-state index contributed by atoms with van der Waals surface area (Å²) in [7, 11) is 0.308. The van der Waals surface area contributed by atoms with E-state index < -0.39 is 27.4 Å². The average molecular weight is 440 g/mol. The molecule has 0 bridgehead atoms. The first kappa shape index (κ1) is 21.3. The summed E-state index contributed by atoms with van der Waals surface area (Å²) in [6.07, 6.45) is 1.12. The number of rotatable bonds is 6. The second-order valence-electron chi connectivity index (χ2n) is 6.79. The molecule has 0 unspecified atom stereocenters. The van der Waals surface area contributed by atoms with E-state index in [-0.39, 0.29) is 17.0 Å². The number of amides is 1. The van der Waals surface area contributed by atoms with Gasteiger partial charge in [-0.25, -0.2) is 22.2 Å². The molecule has 1 amide bonds. The van der Waals surface area contributed by atoms with Gasteiger partial charge < -0.3 is 4.90 Å². The number of fused-ring (bicyclic) bond motifs is 1. The summed E-state index contributed by atoms with van der Waals surface area (Å²) >= 11 is 1.16. The van der Waals surface area contributed by atoms with Crippen LogP contribution >= 0.6 is 11.3 Å². The van der Waals surface area contributed by atoms with Gasteiger partial charge in [0.25, 0.3) is 5.91 Å². The molecule has 3 aromatic rings. The summed E-state index contributed by atoms with van der Waals surface area (Å²) in [6.45, 7) is 0.781. The molecule has 6 nitrogen and oxygen atoms in total. The smallest absolute Gasteiger partial charge is 0.260 e. The first-order chi connectivity index (χ1) is 13.6. The SMILES string of the molecule is CN(C)CCN(C(=O)c1ccc(F)c(F)c1)c1nc2ccc(S(C)(=O)=O)cc2s1. The van der Waals surface area contributed by atoms with Crippen LogP contribution in [0.15, 0.2) is 41.3 Å². The van der Waals surface area contributed by atoms with E-state index in [0.717, 1.165) is 29.7 Å². The van der Waals surface area contributed by atoms with Gasteiger partial charge >= 0.3 is 0 Å². The highest BCUT2D eigenvalue weighted by atomic mass is 32.2. The molecular formula is C19H19F2N3O3S2. The Morgan fingerprint density at radius 1 is 1.07 bits per heavy atom. The number of halogens is 2. The van der Waals surface area contributed by atoms with E-state index >= 15 is 0 Å². The fourth-order valence-corrected chi connectivity index (χ4v) is 4.36. The van der Waals surface area contributed by atoms with E-state index in [4.69, 9.17) is 0 Å². The molecule has 0 fully saturated rings. The number of thiazole rings is 1. The van der Waals surface area contributed by atoms with Crippen LogP contribution in [0.4, 0.5) is 13.9 Å². The second-order valence-corrected chi connectivity index (χ2v) is 9.81. The van der Waals surface area contributed by atoms with Crippen molar-refractivity contribution < 1.29 is 22.0 Å². The molecule has 0 N–H and O–H groups in total. The highest BCUT2D eigenvalue weighted by Crippen LogP contribution is 2.31. The normalized spacial score (nSPS) is 11.9. The lowest BCUT2D eigenvalue weighted by Crippen LogP contribution is -2.36. The van der Waals surface area contributed by atoms with Gasteiger partial charge in [0.1, 0.15) is 0 Å². The van der Waals surface area contributed by atoms with E-state index in [1.807, 2.05) is 19.0 Å². The molecule has 0 saturated heterocycles. The van der Waals surface area contributed by atoms with Gasteiger partial charge in [-0.15, -0.1) is 0 Å². The zero-order chi connectivity index (χ0) is 21.3. The molecule has 10 heteroatoms. The molecule has 29 heavy (non-hydrogen) atoms. The lowest BCUT2D eigenvalue weighted by atomic mass is 10.2. The average Bonchev–Trinajstić information content (AvgIpc) is 3.05. The Morgan fingerprint density at radius 3 is 2.41 bits per heavy atom. The molecule has 0 aliphatic carbocycles. The van der Waals surface area contributed by atoms with Crippen LogP contribution in [0.1, 0.15) is 10.4 Å². The minimum Gasteiger partial charge on any atom is -0.308 e. The quantitative estimate of drug-likeness (QED) is 0.590.